The molecule has 0 saturated carbocycles. The molecule has 250 valence electrons. The first-order valence-corrected chi connectivity index (χ1v) is 18.3. The van der Waals surface area contributed by atoms with Crippen LogP contribution >= 0.6 is 0 Å². The molecule has 0 N–H and O–H groups in total. The molecule has 5 nitrogen and oxygen atoms in total. The largest absolute Gasteiger partial charge is 0.308 e. The van der Waals surface area contributed by atoms with Crippen LogP contribution in [-0.2, 0) is 0 Å². The lowest BCUT2D eigenvalue weighted by molar-refractivity contribution is 1.01. The van der Waals surface area contributed by atoms with E-state index in [0.717, 1.165) is 49.5 Å². The number of aromatic nitrogens is 5. The Balaban J connectivity index is 1.03. The van der Waals surface area contributed by atoms with Gasteiger partial charge in [-0.25, -0.2) is 9.97 Å². The molecule has 0 spiro atoms. The van der Waals surface area contributed by atoms with Crippen LogP contribution in [-0.4, -0.2) is 23.9 Å². The van der Waals surface area contributed by atoms with Gasteiger partial charge in [0.25, 0.3) is 0 Å². The summed E-state index contributed by atoms with van der Waals surface area (Å²) < 4.78 is 4.64. The van der Waals surface area contributed by atoms with E-state index >= 15 is 0 Å². The number of hydrogen-bond acceptors (Lipinski definition) is 3. The Hall–Kier alpha value is -7.37. The fourth-order valence-electron chi connectivity index (χ4n) is 8.71. The molecule has 0 fully saturated rings. The van der Waals surface area contributed by atoms with Crippen LogP contribution in [0.15, 0.2) is 176 Å². The summed E-state index contributed by atoms with van der Waals surface area (Å²) in [7, 11) is 0. The zero-order valence-corrected chi connectivity index (χ0v) is 29.0. The van der Waals surface area contributed by atoms with Gasteiger partial charge in [0, 0.05) is 55.7 Å². The normalized spacial score (nSPS) is 12.1. The molecule has 0 atom stereocenters. The van der Waals surface area contributed by atoms with Gasteiger partial charge in [0.2, 0.25) is 5.95 Å². The summed E-state index contributed by atoms with van der Waals surface area (Å²) >= 11 is 0. The zero-order valence-electron chi connectivity index (χ0n) is 29.0. The van der Waals surface area contributed by atoms with Gasteiger partial charge in [-0.05, 0) is 64.7 Å². The number of rotatable bonds is 4. The van der Waals surface area contributed by atoms with Gasteiger partial charge in [-0.15, -0.1) is 0 Å². The summed E-state index contributed by atoms with van der Waals surface area (Å²) in [5.74, 6) is 0.634. The van der Waals surface area contributed by atoms with Crippen LogP contribution in [0.2, 0.25) is 0 Å². The van der Waals surface area contributed by atoms with Crippen molar-refractivity contribution in [2.45, 2.75) is 0 Å². The van der Waals surface area contributed by atoms with Crippen LogP contribution in [0.4, 0.5) is 0 Å². The third-order valence-corrected chi connectivity index (χ3v) is 11.2. The fraction of sp³-hybridized carbons (Fsp3) is 0. The number of para-hydroxylation sites is 3. The highest BCUT2D eigenvalue weighted by atomic mass is 15.2. The minimum Gasteiger partial charge on any atom is -0.308 e. The quantitative estimate of drug-likeness (QED) is 0.185. The average molecular weight is 688 g/mol. The Morgan fingerprint density at radius 2 is 0.926 bits per heavy atom. The molecule has 12 rings (SSSR count). The molecule has 0 aliphatic rings. The lowest BCUT2D eigenvalue weighted by Gasteiger charge is -2.12. The second-order valence-electron chi connectivity index (χ2n) is 14.1. The molecular weight excluding hydrogens is 659 g/mol. The Labute approximate surface area is 309 Å². The number of hydrogen-bond donors (Lipinski definition) is 0. The van der Waals surface area contributed by atoms with Crippen molar-refractivity contribution in [3.05, 3.63) is 176 Å². The second kappa shape index (κ2) is 11.1. The topological polar surface area (TPSA) is 48.0 Å². The van der Waals surface area contributed by atoms with Crippen molar-refractivity contribution in [3.63, 3.8) is 0 Å². The van der Waals surface area contributed by atoms with Gasteiger partial charge in [-0.2, -0.15) is 0 Å². The summed E-state index contributed by atoms with van der Waals surface area (Å²) in [5, 5.41) is 8.40. The van der Waals surface area contributed by atoms with Crippen molar-refractivity contribution >= 4 is 70.8 Å². The molecule has 5 heteroatoms. The monoisotopic (exact) mass is 687 g/mol. The van der Waals surface area contributed by atoms with E-state index in [4.69, 9.17) is 9.97 Å². The van der Waals surface area contributed by atoms with Gasteiger partial charge < -0.3 is 4.40 Å². The lowest BCUT2D eigenvalue weighted by atomic mass is 10.00. The second-order valence-corrected chi connectivity index (χ2v) is 14.1. The molecule has 7 aromatic carbocycles. The molecule has 54 heavy (non-hydrogen) atoms. The number of fused-ring (bicyclic) bond motifs is 10. The van der Waals surface area contributed by atoms with Gasteiger partial charge >= 0.3 is 0 Å². The molecule has 0 radical (unpaired) electrons. The summed E-state index contributed by atoms with van der Waals surface area (Å²) in [4.78, 5) is 14.9. The van der Waals surface area contributed by atoms with Crippen molar-refractivity contribution in [3.8, 4) is 39.5 Å². The van der Waals surface area contributed by atoms with E-state index in [-0.39, 0.29) is 0 Å². The third-order valence-electron chi connectivity index (χ3n) is 11.2. The minimum atomic E-state index is 0.634. The first kappa shape index (κ1) is 29.2. The molecule has 0 unspecified atom stereocenters. The maximum absolute atomic E-state index is 5.30. The van der Waals surface area contributed by atoms with Gasteiger partial charge in [0.05, 0.1) is 38.8 Å². The molecule has 0 aliphatic heterocycles. The molecule has 0 saturated heterocycles. The zero-order chi connectivity index (χ0) is 35.3. The third kappa shape index (κ3) is 4.12. The van der Waals surface area contributed by atoms with Gasteiger partial charge in [0.1, 0.15) is 0 Å². The van der Waals surface area contributed by atoms with Crippen molar-refractivity contribution < 1.29 is 0 Å². The summed E-state index contributed by atoms with van der Waals surface area (Å²) in [6.07, 6.45) is 3.67. The van der Waals surface area contributed by atoms with Crippen molar-refractivity contribution in [1.29, 1.82) is 0 Å². The van der Waals surface area contributed by atoms with Crippen molar-refractivity contribution in [2.24, 2.45) is 0 Å². The number of benzene rings is 7. The summed E-state index contributed by atoms with van der Waals surface area (Å²) in [6, 6.07) is 58.7. The van der Waals surface area contributed by atoms with Gasteiger partial charge in [0.15, 0.2) is 0 Å². The average Bonchev–Trinajstić information content (AvgIpc) is 3.88. The van der Waals surface area contributed by atoms with Crippen LogP contribution in [0.25, 0.3) is 110 Å². The predicted octanol–water partition coefficient (Wildman–Crippen LogP) is 12.3. The first-order valence-electron chi connectivity index (χ1n) is 18.3. The number of nitrogens with zero attached hydrogens (tertiary/aromatic N) is 5. The highest BCUT2D eigenvalue weighted by Gasteiger charge is 2.20. The van der Waals surface area contributed by atoms with Crippen molar-refractivity contribution in [1.82, 2.24) is 23.9 Å². The molecule has 0 amide bonds. The Bertz CT molecular complexity index is 3430. The smallest absolute Gasteiger partial charge is 0.235 e. The molecule has 5 heterocycles. The Morgan fingerprint density at radius 1 is 0.370 bits per heavy atom. The first-order chi connectivity index (χ1) is 26.8. The standard InChI is InChI=1S/C49H29N5/c1-2-9-30(10-3-1)31-17-19-32(20-18-31)47-41-29-50-26-25-42(41)51-49(52-47)54-44-16-7-5-12-36(44)39-27-33(22-24-46(39)54)34-21-23-45-40(28-34)38-14-8-13-37-35-11-4-6-15-43(35)53(45)48(37)38/h1-29H. The molecule has 12 aromatic rings. The lowest BCUT2D eigenvalue weighted by Crippen LogP contribution is -2.03. The molecule has 5 aromatic heterocycles. The van der Waals surface area contributed by atoms with E-state index in [2.05, 4.69) is 166 Å². The molecular formula is C49H29N5. The van der Waals surface area contributed by atoms with Crippen LogP contribution < -0.4 is 0 Å². The SMILES string of the molecule is c1ccc(-c2ccc(-c3nc(-n4c5ccccc5c5cc(-c6ccc7c(c6)c6cccc8c9ccccc9n7c86)ccc54)nc4ccncc34)cc2)cc1. The van der Waals surface area contributed by atoms with E-state index in [9.17, 15) is 0 Å². The van der Waals surface area contributed by atoms with E-state index in [1.165, 1.54) is 54.8 Å². The van der Waals surface area contributed by atoms with Crippen LogP contribution in [0.1, 0.15) is 0 Å². The van der Waals surface area contributed by atoms with Gasteiger partial charge in [-0.1, -0.05) is 121 Å². The highest BCUT2D eigenvalue weighted by Crippen LogP contribution is 2.41. The van der Waals surface area contributed by atoms with E-state index in [1.807, 2.05) is 18.3 Å². The summed E-state index contributed by atoms with van der Waals surface area (Å²) in [6.45, 7) is 0. The maximum Gasteiger partial charge on any atom is 0.235 e. The Morgan fingerprint density at radius 3 is 1.72 bits per heavy atom. The predicted molar refractivity (Wildman–Crippen MR) is 223 cm³/mol. The van der Waals surface area contributed by atoms with E-state index < -0.39 is 0 Å². The number of pyridine rings is 1. The highest BCUT2D eigenvalue weighted by molar-refractivity contribution is 6.23. The van der Waals surface area contributed by atoms with Crippen LogP contribution in [0, 0.1) is 0 Å². The van der Waals surface area contributed by atoms with E-state index in [1.54, 1.807) is 6.20 Å². The minimum absolute atomic E-state index is 0.634. The summed E-state index contributed by atoms with van der Waals surface area (Å²) in [5.41, 5.74) is 13.3. The van der Waals surface area contributed by atoms with Crippen LogP contribution in [0.3, 0.4) is 0 Å². The Kier molecular flexibility index (Phi) is 5.99. The molecule has 0 aliphatic carbocycles. The maximum atomic E-state index is 5.30. The van der Waals surface area contributed by atoms with Crippen LogP contribution in [0.5, 0.6) is 0 Å². The van der Waals surface area contributed by atoms with Gasteiger partial charge in [-0.3, -0.25) is 9.55 Å². The molecule has 0 bridgehead atoms. The van der Waals surface area contributed by atoms with E-state index in [0.29, 0.717) is 5.95 Å². The fourth-order valence-corrected chi connectivity index (χ4v) is 8.71. The van der Waals surface area contributed by atoms with Crippen molar-refractivity contribution in [2.75, 3.05) is 0 Å².